The third-order valence-electron chi connectivity index (χ3n) is 5.37. The summed E-state index contributed by atoms with van der Waals surface area (Å²) in [6, 6.07) is 8.84. The zero-order chi connectivity index (χ0) is 17.8. The van der Waals surface area contributed by atoms with E-state index in [2.05, 4.69) is 43.5 Å². The monoisotopic (exact) mass is 481 g/mol. The SMILES string of the molecule is CN=C(NCc1ccc2c(c1)CCC2)N1CCN(Cc2ccon2)CC1.I. The maximum absolute atomic E-state index is 4.92. The molecule has 2 aliphatic rings. The minimum Gasteiger partial charge on any atom is -0.364 e. The molecular formula is C20H28IN5O. The first-order chi connectivity index (χ1) is 12.8. The highest BCUT2D eigenvalue weighted by Crippen LogP contribution is 2.22. The van der Waals surface area contributed by atoms with Crippen LogP contribution in [0.1, 0.15) is 28.8 Å². The fraction of sp³-hybridized carbons (Fsp3) is 0.500. The van der Waals surface area contributed by atoms with Gasteiger partial charge in [0.15, 0.2) is 5.96 Å². The van der Waals surface area contributed by atoms with E-state index in [4.69, 9.17) is 4.52 Å². The molecule has 0 amide bonds. The van der Waals surface area contributed by atoms with E-state index in [0.29, 0.717) is 0 Å². The van der Waals surface area contributed by atoms with Crippen molar-refractivity contribution in [2.45, 2.75) is 32.4 Å². The Morgan fingerprint density at radius 3 is 2.70 bits per heavy atom. The molecular weight excluding hydrogens is 453 g/mol. The van der Waals surface area contributed by atoms with Crippen molar-refractivity contribution < 1.29 is 4.52 Å². The Labute approximate surface area is 178 Å². The highest BCUT2D eigenvalue weighted by atomic mass is 127. The number of rotatable bonds is 4. The zero-order valence-corrected chi connectivity index (χ0v) is 18.2. The van der Waals surface area contributed by atoms with Gasteiger partial charge in [-0.25, -0.2) is 0 Å². The summed E-state index contributed by atoms with van der Waals surface area (Å²) in [5.41, 5.74) is 5.40. The van der Waals surface area contributed by atoms with Crippen LogP contribution in [-0.2, 0) is 25.9 Å². The Bertz CT molecular complexity index is 754. The second kappa shape index (κ2) is 9.54. The van der Waals surface area contributed by atoms with Crippen molar-refractivity contribution in [1.29, 1.82) is 0 Å². The van der Waals surface area contributed by atoms with E-state index < -0.39 is 0 Å². The number of fused-ring (bicyclic) bond motifs is 1. The van der Waals surface area contributed by atoms with Gasteiger partial charge >= 0.3 is 0 Å². The lowest BCUT2D eigenvalue weighted by Gasteiger charge is -2.36. The fourth-order valence-electron chi connectivity index (χ4n) is 3.91. The van der Waals surface area contributed by atoms with Crippen molar-refractivity contribution in [1.82, 2.24) is 20.3 Å². The lowest BCUT2D eigenvalue weighted by Crippen LogP contribution is -2.52. The van der Waals surface area contributed by atoms with Crippen LogP contribution in [0.2, 0.25) is 0 Å². The molecule has 1 aromatic carbocycles. The van der Waals surface area contributed by atoms with E-state index in [9.17, 15) is 0 Å². The molecule has 1 aliphatic heterocycles. The molecule has 0 unspecified atom stereocenters. The Hall–Kier alpha value is -1.61. The molecule has 27 heavy (non-hydrogen) atoms. The number of aromatic nitrogens is 1. The van der Waals surface area contributed by atoms with E-state index in [-0.39, 0.29) is 24.0 Å². The molecule has 0 atom stereocenters. The van der Waals surface area contributed by atoms with Crippen LogP contribution in [0, 0.1) is 0 Å². The topological polar surface area (TPSA) is 56.9 Å². The van der Waals surface area contributed by atoms with Crippen molar-refractivity contribution >= 4 is 29.9 Å². The molecule has 1 saturated heterocycles. The predicted molar refractivity (Wildman–Crippen MR) is 117 cm³/mol. The third kappa shape index (κ3) is 5.01. The van der Waals surface area contributed by atoms with Gasteiger partial charge in [-0.2, -0.15) is 0 Å². The quantitative estimate of drug-likeness (QED) is 0.414. The summed E-state index contributed by atoms with van der Waals surface area (Å²) in [5.74, 6) is 0.992. The largest absolute Gasteiger partial charge is 0.364 e. The van der Waals surface area contributed by atoms with E-state index in [0.717, 1.165) is 50.9 Å². The second-order valence-corrected chi connectivity index (χ2v) is 7.11. The van der Waals surface area contributed by atoms with Crippen LogP contribution in [0.5, 0.6) is 0 Å². The average Bonchev–Trinajstić information content (AvgIpc) is 3.34. The number of nitrogens with zero attached hydrogens (tertiary/aromatic N) is 4. The van der Waals surface area contributed by atoms with Crippen LogP contribution in [0.4, 0.5) is 0 Å². The lowest BCUT2D eigenvalue weighted by atomic mass is 10.1. The van der Waals surface area contributed by atoms with Gasteiger partial charge in [0.1, 0.15) is 6.26 Å². The van der Waals surface area contributed by atoms with Gasteiger partial charge < -0.3 is 14.7 Å². The molecule has 0 spiro atoms. The first-order valence-electron chi connectivity index (χ1n) is 9.50. The first-order valence-corrected chi connectivity index (χ1v) is 9.50. The standard InChI is InChI=1S/C20H27N5O.HI/c1-21-20(22-14-16-5-6-17-3-2-4-18(17)13-16)25-10-8-24(9-11-25)15-19-7-12-26-23-19;/h5-7,12-13H,2-4,8-11,14-15H2,1H3,(H,21,22);1H. The second-order valence-electron chi connectivity index (χ2n) is 7.11. The highest BCUT2D eigenvalue weighted by Gasteiger charge is 2.20. The third-order valence-corrected chi connectivity index (χ3v) is 5.37. The Morgan fingerprint density at radius 1 is 1.15 bits per heavy atom. The number of hydrogen-bond acceptors (Lipinski definition) is 4. The minimum absolute atomic E-state index is 0. The molecule has 7 heteroatoms. The Balaban J connectivity index is 0.00000210. The van der Waals surface area contributed by atoms with Crippen molar-refractivity contribution in [3.05, 3.63) is 52.9 Å². The van der Waals surface area contributed by atoms with Crippen molar-refractivity contribution in [2.24, 2.45) is 4.99 Å². The number of aliphatic imine (C=N–C) groups is 1. The molecule has 1 aliphatic carbocycles. The maximum atomic E-state index is 4.92. The van der Waals surface area contributed by atoms with E-state index in [1.807, 2.05) is 13.1 Å². The molecule has 2 aromatic rings. The summed E-state index contributed by atoms with van der Waals surface area (Å²) in [6.07, 6.45) is 5.40. The summed E-state index contributed by atoms with van der Waals surface area (Å²) >= 11 is 0. The predicted octanol–water partition coefficient (Wildman–Crippen LogP) is 2.67. The van der Waals surface area contributed by atoms with Gasteiger partial charge in [0, 0.05) is 52.4 Å². The van der Waals surface area contributed by atoms with Crippen LogP contribution >= 0.6 is 24.0 Å². The number of piperazine rings is 1. The van der Waals surface area contributed by atoms with Gasteiger partial charge in [-0.15, -0.1) is 24.0 Å². The number of hydrogen-bond donors (Lipinski definition) is 1. The highest BCUT2D eigenvalue weighted by molar-refractivity contribution is 14.0. The van der Waals surface area contributed by atoms with Gasteiger partial charge in [0.2, 0.25) is 0 Å². The molecule has 6 nitrogen and oxygen atoms in total. The summed E-state index contributed by atoms with van der Waals surface area (Å²) in [5, 5.41) is 7.54. The van der Waals surface area contributed by atoms with Gasteiger partial charge in [-0.3, -0.25) is 9.89 Å². The molecule has 0 saturated carbocycles. The minimum atomic E-state index is 0. The normalized spacial score (nSPS) is 17.5. The summed E-state index contributed by atoms with van der Waals surface area (Å²) in [6.45, 7) is 5.65. The van der Waals surface area contributed by atoms with E-state index >= 15 is 0 Å². The molecule has 2 heterocycles. The van der Waals surface area contributed by atoms with Crippen LogP contribution in [0.3, 0.4) is 0 Å². The van der Waals surface area contributed by atoms with Crippen molar-refractivity contribution in [3.8, 4) is 0 Å². The lowest BCUT2D eigenvalue weighted by molar-refractivity contribution is 0.169. The van der Waals surface area contributed by atoms with Crippen LogP contribution in [-0.4, -0.2) is 54.1 Å². The number of guanidine groups is 1. The van der Waals surface area contributed by atoms with Crippen LogP contribution in [0.15, 0.2) is 40.0 Å². The molecule has 4 rings (SSSR count). The molecule has 1 fully saturated rings. The van der Waals surface area contributed by atoms with E-state index in [1.54, 1.807) is 6.26 Å². The number of nitrogens with one attached hydrogen (secondary N) is 1. The van der Waals surface area contributed by atoms with Crippen LogP contribution < -0.4 is 5.32 Å². The summed E-state index contributed by atoms with van der Waals surface area (Å²) in [7, 11) is 1.87. The smallest absolute Gasteiger partial charge is 0.194 e. The molecule has 146 valence electrons. The molecule has 1 aromatic heterocycles. The van der Waals surface area contributed by atoms with Gasteiger partial charge in [0.25, 0.3) is 0 Å². The Kier molecular flexibility index (Phi) is 7.12. The van der Waals surface area contributed by atoms with Gasteiger partial charge in [-0.1, -0.05) is 23.4 Å². The number of aryl methyl sites for hydroxylation is 2. The summed E-state index contributed by atoms with van der Waals surface area (Å²) in [4.78, 5) is 9.23. The Morgan fingerprint density at radius 2 is 1.96 bits per heavy atom. The van der Waals surface area contributed by atoms with Crippen molar-refractivity contribution in [3.63, 3.8) is 0 Å². The average molecular weight is 481 g/mol. The summed E-state index contributed by atoms with van der Waals surface area (Å²) < 4.78 is 4.92. The van der Waals surface area contributed by atoms with Gasteiger partial charge in [0.05, 0.1) is 5.69 Å². The number of benzene rings is 1. The molecule has 1 N–H and O–H groups in total. The van der Waals surface area contributed by atoms with E-state index in [1.165, 1.54) is 36.0 Å². The molecule has 0 bridgehead atoms. The van der Waals surface area contributed by atoms with Crippen LogP contribution in [0.25, 0.3) is 0 Å². The zero-order valence-electron chi connectivity index (χ0n) is 15.9. The van der Waals surface area contributed by atoms with Crippen molar-refractivity contribution in [2.75, 3.05) is 33.2 Å². The number of halogens is 1. The molecule has 0 radical (unpaired) electrons. The maximum Gasteiger partial charge on any atom is 0.194 e. The first kappa shape index (κ1) is 20.1. The fourth-order valence-corrected chi connectivity index (χ4v) is 3.91. The van der Waals surface area contributed by atoms with Gasteiger partial charge in [-0.05, 0) is 36.0 Å².